The predicted octanol–water partition coefficient (Wildman–Crippen LogP) is 4.10. The number of hydrogen-bond acceptors (Lipinski definition) is 5. The van der Waals surface area contributed by atoms with Gasteiger partial charge in [-0.25, -0.2) is 8.42 Å². The topological polar surface area (TPSA) is 70.2 Å². The lowest BCUT2D eigenvalue weighted by atomic mass is 9.84. The molecule has 2 aliphatic rings. The van der Waals surface area contributed by atoms with Gasteiger partial charge in [0.2, 0.25) is 15.9 Å². The van der Waals surface area contributed by atoms with E-state index in [2.05, 4.69) is 23.5 Å². The van der Waals surface area contributed by atoms with E-state index in [-0.39, 0.29) is 28.8 Å². The Labute approximate surface area is 206 Å². The van der Waals surface area contributed by atoms with Gasteiger partial charge in [0.1, 0.15) is 5.75 Å². The van der Waals surface area contributed by atoms with E-state index in [1.807, 2.05) is 4.90 Å². The average Bonchev–Trinajstić information content (AvgIpc) is 2.78. The van der Waals surface area contributed by atoms with Crippen molar-refractivity contribution in [3.63, 3.8) is 0 Å². The molecule has 0 aromatic heterocycles. The summed E-state index contributed by atoms with van der Waals surface area (Å²) in [6.45, 7) is 11.0. The quantitative estimate of drug-likeness (QED) is 0.543. The lowest BCUT2D eigenvalue weighted by Crippen LogP contribution is -2.53. The van der Waals surface area contributed by atoms with E-state index in [0.717, 1.165) is 50.4 Å². The highest BCUT2D eigenvalue weighted by molar-refractivity contribution is 7.89. The van der Waals surface area contributed by atoms with Gasteiger partial charge in [0, 0.05) is 50.2 Å². The second kappa shape index (κ2) is 11.0. The van der Waals surface area contributed by atoms with Gasteiger partial charge in [0.25, 0.3) is 0 Å². The molecule has 11 heteroatoms. The van der Waals surface area contributed by atoms with Gasteiger partial charge in [0.15, 0.2) is 0 Å². The van der Waals surface area contributed by atoms with Crippen molar-refractivity contribution in [3.05, 3.63) is 24.3 Å². The Morgan fingerprint density at radius 1 is 0.971 bits per heavy atom. The molecule has 2 fully saturated rings. The van der Waals surface area contributed by atoms with Gasteiger partial charge in [-0.05, 0) is 77.6 Å². The first-order valence-corrected chi connectivity index (χ1v) is 13.7. The number of sulfonamides is 1. The van der Waals surface area contributed by atoms with E-state index >= 15 is 0 Å². The molecule has 1 amide bonds. The Morgan fingerprint density at radius 3 is 1.97 bits per heavy atom. The van der Waals surface area contributed by atoms with Gasteiger partial charge >= 0.3 is 6.36 Å². The number of piperazine rings is 1. The third-order valence-electron chi connectivity index (χ3n) is 6.90. The van der Waals surface area contributed by atoms with Crippen LogP contribution in [-0.4, -0.2) is 79.1 Å². The number of hydrogen-bond donors (Lipinski definition) is 0. The lowest BCUT2D eigenvalue weighted by molar-refractivity contribution is -0.274. The molecule has 35 heavy (non-hydrogen) atoms. The van der Waals surface area contributed by atoms with Gasteiger partial charge in [-0.3, -0.25) is 9.69 Å². The maximum Gasteiger partial charge on any atom is 0.573 e. The van der Waals surface area contributed by atoms with Crippen LogP contribution < -0.4 is 4.74 Å². The van der Waals surface area contributed by atoms with Crippen LogP contribution in [0, 0.1) is 5.92 Å². The molecule has 0 spiro atoms. The summed E-state index contributed by atoms with van der Waals surface area (Å²) in [5, 5.41) is 0. The molecular weight excluding hydrogens is 483 g/mol. The highest BCUT2D eigenvalue weighted by Gasteiger charge is 2.39. The zero-order valence-corrected chi connectivity index (χ0v) is 21.6. The Morgan fingerprint density at radius 2 is 1.51 bits per heavy atom. The number of carbonyl (C=O) groups excluding carboxylic acids is 1. The second-order valence-electron chi connectivity index (χ2n) is 9.91. The summed E-state index contributed by atoms with van der Waals surface area (Å²) >= 11 is 0. The molecule has 1 aromatic rings. The van der Waals surface area contributed by atoms with Crippen LogP contribution in [0.1, 0.15) is 53.4 Å². The van der Waals surface area contributed by atoms with E-state index in [1.54, 1.807) is 13.8 Å². The fourth-order valence-corrected chi connectivity index (χ4v) is 7.01. The normalized spacial score (nSPS) is 22.7. The molecule has 1 saturated carbocycles. The van der Waals surface area contributed by atoms with E-state index in [1.165, 1.54) is 4.31 Å². The van der Waals surface area contributed by atoms with Crippen molar-refractivity contribution >= 4 is 15.9 Å². The molecule has 0 atom stereocenters. The number of nitrogens with zero attached hydrogens (tertiary/aromatic N) is 3. The molecule has 3 rings (SSSR count). The molecule has 1 aromatic carbocycles. The molecule has 1 aliphatic carbocycles. The van der Waals surface area contributed by atoms with Crippen LogP contribution >= 0.6 is 0 Å². The number of carbonyl (C=O) groups is 1. The molecule has 0 bridgehead atoms. The van der Waals surface area contributed by atoms with E-state index < -0.39 is 22.1 Å². The number of amides is 1. The van der Waals surface area contributed by atoms with E-state index in [9.17, 15) is 26.4 Å². The van der Waals surface area contributed by atoms with Crippen molar-refractivity contribution in [2.24, 2.45) is 5.92 Å². The SMILES string of the molecule is CC(C)N1CCN(C(=O)C2CCC(N(C(C)C)S(=O)(=O)c3ccc(OC(F)(F)F)cc3)CC2)CC1. The minimum Gasteiger partial charge on any atom is -0.406 e. The number of halogens is 3. The summed E-state index contributed by atoms with van der Waals surface area (Å²) in [5.41, 5.74) is 0. The van der Waals surface area contributed by atoms with E-state index in [0.29, 0.717) is 31.7 Å². The van der Waals surface area contributed by atoms with Crippen molar-refractivity contribution in [2.75, 3.05) is 26.2 Å². The summed E-state index contributed by atoms with van der Waals surface area (Å²) in [7, 11) is -3.94. The number of rotatable bonds is 7. The molecule has 0 unspecified atom stereocenters. The van der Waals surface area contributed by atoms with Crippen LogP contribution in [0.3, 0.4) is 0 Å². The predicted molar refractivity (Wildman–Crippen MR) is 126 cm³/mol. The molecule has 1 heterocycles. The van der Waals surface area contributed by atoms with Crippen molar-refractivity contribution in [2.45, 2.75) is 82.8 Å². The number of ether oxygens (including phenoxy) is 1. The number of benzene rings is 1. The fraction of sp³-hybridized carbons (Fsp3) is 0.708. The molecule has 198 valence electrons. The Kier molecular flexibility index (Phi) is 8.75. The van der Waals surface area contributed by atoms with Crippen LogP contribution in [0.4, 0.5) is 13.2 Å². The minimum atomic E-state index is -4.84. The Bertz CT molecular complexity index is 951. The van der Waals surface area contributed by atoms with E-state index in [4.69, 9.17) is 0 Å². The third kappa shape index (κ3) is 6.89. The molecule has 1 saturated heterocycles. The van der Waals surface area contributed by atoms with Crippen molar-refractivity contribution < 1.29 is 31.1 Å². The van der Waals surface area contributed by atoms with Gasteiger partial charge in [-0.1, -0.05) is 0 Å². The van der Waals surface area contributed by atoms with Crippen LogP contribution in [0.5, 0.6) is 5.75 Å². The maximum absolute atomic E-state index is 13.4. The number of alkyl halides is 3. The molecule has 7 nitrogen and oxygen atoms in total. The van der Waals surface area contributed by atoms with Crippen molar-refractivity contribution in [1.82, 2.24) is 14.1 Å². The Balaban J connectivity index is 1.64. The van der Waals surface area contributed by atoms with Crippen LogP contribution in [0.25, 0.3) is 0 Å². The minimum absolute atomic E-state index is 0.0815. The molecule has 1 aliphatic heterocycles. The summed E-state index contributed by atoms with van der Waals surface area (Å²) in [4.78, 5) is 17.3. The fourth-order valence-electron chi connectivity index (χ4n) is 5.12. The van der Waals surface area contributed by atoms with Gasteiger partial charge in [0.05, 0.1) is 4.90 Å². The highest BCUT2D eigenvalue weighted by atomic mass is 32.2. The summed E-state index contributed by atoms with van der Waals surface area (Å²) in [6.07, 6.45) is -2.48. The first-order valence-electron chi connectivity index (χ1n) is 12.2. The smallest absolute Gasteiger partial charge is 0.406 e. The van der Waals surface area contributed by atoms with Gasteiger partial charge in [-0.15, -0.1) is 13.2 Å². The largest absolute Gasteiger partial charge is 0.573 e. The van der Waals surface area contributed by atoms with Crippen LogP contribution in [-0.2, 0) is 14.8 Å². The molecule has 0 N–H and O–H groups in total. The lowest BCUT2D eigenvalue weighted by Gasteiger charge is -2.41. The standard InChI is InChI=1S/C24H36F3N3O4S/c1-17(2)28-13-15-29(16-14-28)23(31)19-5-7-20(8-6-19)30(18(3)4)35(32,33)22-11-9-21(10-12-22)34-24(25,26)27/h9-12,17-20H,5-8,13-16H2,1-4H3. The summed E-state index contributed by atoms with van der Waals surface area (Å²) < 4.78 is 69.4. The van der Waals surface area contributed by atoms with Gasteiger partial charge < -0.3 is 9.64 Å². The van der Waals surface area contributed by atoms with Crippen molar-refractivity contribution in [3.8, 4) is 5.75 Å². The second-order valence-corrected chi connectivity index (χ2v) is 11.8. The zero-order valence-electron chi connectivity index (χ0n) is 20.8. The zero-order chi connectivity index (χ0) is 26.0. The first kappa shape index (κ1) is 27.7. The third-order valence-corrected chi connectivity index (χ3v) is 9.05. The summed E-state index contributed by atoms with van der Waals surface area (Å²) in [6, 6.07) is 4.14. The van der Waals surface area contributed by atoms with Crippen LogP contribution in [0.2, 0.25) is 0 Å². The van der Waals surface area contributed by atoms with Crippen LogP contribution in [0.15, 0.2) is 29.2 Å². The summed E-state index contributed by atoms with van der Waals surface area (Å²) in [5.74, 6) is -0.417. The Hall–Kier alpha value is -1.85. The average molecular weight is 520 g/mol. The highest BCUT2D eigenvalue weighted by Crippen LogP contribution is 2.34. The first-order chi connectivity index (χ1) is 16.3. The van der Waals surface area contributed by atoms with Crippen molar-refractivity contribution in [1.29, 1.82) is 0 Å². The monoisotopic (exact) mass is 519 g/mol. The van der Waals surface area contributed by atoms with Gasteiger partial charge in [-0.2, -0.15) is 4.31 Å². The molecular formula is C24H36F3N3O4S. The maximum atomic E-state index is 13.4. The molecule has 0 radical (unpaired) electrons.